The number of methoxy groups -OCH3 is 2. The largest absolute Gasteiger partial charge is 0.493 e. The molecule has 3 aromatic carbocycles. The summed E-state index contributed by atoms with van der Waals surface area (Å²) in [5.74, 6) is 0.427. The number of anilines is 2. The second-order valence-corrected chi connectivity index (χ2v) is 8.57. The van der Waals surface area contributed by atoms with Crippen LogP contribution in [0, 0.1) is 6.92 Å². The van der Waals surface area contributed by atoms with Crippen molar-refractivity contribution in [2.75, 3.05) is 44.5 Å². The molecule has 2 amide bonds. The Kier molecular flexibility index (Phi) is 11.9. The molecule has 0 aromatic heterocycles. The molecule has 37 heavy (non-hydrogen) atoms. The van der Waals surface area contributed by atoms with Gasteiger partial charge in [-0.2, -0.15) is 0 Å². The fraction of sp³-hybridized carbons (Fsp3) is 0.310. The van der Waals surface area contributed by atoms with Crippen LogP contribution in [0.2, 0.25) is 5.02 Å². The molecule has 8 heteroatoms. The minimum atomic E-state index is -0.305. The maximum absolute atomic E-state index is 12.7. The van der Waals surface area contributed by atoms with Crippen molar-refractivity contribution in [1.29, 1.82) is 0 Å². The van der Waals surface area contributed by atoms with Gasteiger partial charge in [0.05, 0.1) is 14.2 Å². The molecule has 0 atom stereocenters. The van der Waals surface area contributed by atoms with Crippen molar-refractivity contribution < 1.29 is 19.1 Å². The number of carbonyl (C=O) groups is 2. The summed E-state index contributed by atoms with van der Waals surface area (Å²) in [4.78, 5) is 27.5. The Bertz CT molecular complexity index is 1170. The molecular formula is C29H36ClN3O4. The number of hydrogen-bond acceptors (Lipinski definition) is 5. The molecule has 0 saturated heterocycles. The summed E-state index contributed by atoms with van der Waals surface area (Å²) in [6.45, 7) is 12.0. The van der Waals surface area contributed by atoms with Crippen LogP contribution in [0.3, 0.4) is 0 Å². The molecule has 0 spiro atoms. The van der Waals surface area contributed by atoms with Crippen LogP contribution in [0.5, 0.6) is 11.5 Å². The summed E-state index contributed by atoms with van der Waals surface area (Å²) < 4.78 is 10.5. The van der Waals surface area contributed by atoms with Crippen LogP contribution in [0.4, 0.5) is 11.4 Å². The molecule has 0 aliphatic rings. The van der Waals surface area contributed by atoms with Crippen molar-refractivity contribution >= 4 is 34.8 Å². The number of ether oxygens (including phenoxy) is 2. The molecule has 3 rings (SSSR count). The fourth-order valence-corrected chi connectivity index (χ4v) is 3.61. The van der Waals surface area contributed by atoms with Crippen molar-refractivity contribution in [2.24, 2.45) is 0 Å². The smallest absolute Gasteiger partial charge is 0.255 e. The molecule has 3 aromatic rings. The van der Waals surface area contributed by atoms with Gasteiger partial charge in [0.2, 0.25) is 0 Å². The van der Waals surface area contributed by atoms with Crippen LogP contribution >= 0.6 is 11.6 Å². The highest BCUT2D eigenvalue weighted by Gasteiger charge is 2.13. The van der Waals surface area contributed by atoms with Gasteiger partial charge in [0, 0.05) is 27.5 Å². The second kappa shape index (κ2) is 14.9. The van der Waals surface area contributed by atoms with E-state index in [0.29, 0.717) is 39.0 Å². The van der Waals surface area contributed by atoms with E-state index in [0.717, 1.165) is 5.56 Å². The fourth-order valence-electron chi connectivity index (χ4n) is 3.48. The number of hydrogen-bond donors (Lipinski definition) is 2. The monoisotopic (exact) mass is 525 g/mol. The van der Waals surface area contributed by atoms with Crippen LogP contribution in [0.25, 0.3) is 0 Å². The molecule has 0 fully saturated rings. The summed E-state index contributed by atoms with van der Waals surface area (Å²) in [5, 5.41) is 6.25. The van der Waals surface area contributed by atoms with E-state index in [2.05, 4.69) is 36.3 Å². The first-order valence-electron chi connectivity index (χ1n) is 12.2. The number of benzene rings is 3. The van der Waals surface area contributed by atoms with Crippen LogP contribution in [0.1, 0.15) is 47.1 Å². The summed E-state index contributed by atoms with van der Waals surface area (Å²) in [5.41, 5.74) is 2.90. The minimum absolute atomic E-state index is 0.271. The molecule has 2 N–H and O–H groups in total. The van der Waals surface area contributed by atoms with Crippen molar-refractivity contribution in [3.05, 3.63) is 82.4 Å². The lowest BCUT2D eigenvalue weighted by Gasteiger charge is -2.13. The molecule has 7 nitrogen and oxygen atoms in total. The van der Waals surface area contributed by atoms with Crippen LogP contribution in [-0.2, 0) is 0 Å². The predicted octanol–water partition coefficient (Wildman–Crippen LogP) is 6.52. The summed E-state index contributed by atoms with van der Waals surface area (Å²) in [6, 6.07) is 16.8. The van der Waals surface area contributed by atoms with Gasteiger partial charge in [-0.25, -0.2) is 0 Å². The SMILES string of the molecule is CCN(CC)CC.COc1ccc(C(=O)Nc2cc(NC(=O)c3ccc(Cl)cc3)ccc2C)cc1OC. The lowest BCUT2D eigenvalue weighted by Crippen LogP contribution is -2.21. The Hall–Kier alpha value is -3.55. The van der Waals surface area contributed by atoms with E-state index in [1.165, 1.54) is 33.9 Å². The van der Waals surface area contributed by atoms with Gasteiger partial charge in [-0.15, -0.1) is 0 Å². The van der Waals surface area contributed by atoms with Gasteiger partial charge < -0.3 is 25.0 Å². The van der Waals surface area contributed by atoms with E-state index in [1.807, 2.05) is 13.0 Å². The molecule has 0 bridgehead atoms. The normalized spacial score (nSPS) is 10.3. The molecule has 0 aliphatic carbocycles. The van der Waals surface area contributed by atoms with E-state index in [-0.39, 0.29) is 11.8 Å². The van der Waals surface area contributed by atoms with E-state index in [9.17, 15) is 9.59 Å². The lowest BCUT2D eigenvalue weighted by molar-refractivity contribution is 0.101. The summed E-state index contributed by atoms with van der Waals surface area (Å²) in [6.07, 6.45) is 0. The summed E-state index contributed by atoms with van der Waals surface area (Å²) in [7, 11) is 3.04. The highest BCUT2D eigenvalue weighted by Crippen LogP contribution is 2.28. The van der Waals surface area contributed by atoms with E-state index in [1.54, 1.807) is 54.6 Å². The number of halogens is 1. The topological polar surface area (TPSA) is 79.9 Å². The zero-order valence-corrected chi connectivity index (χ0v) is 23.1. The number of nitrogens with one attached hydrogen (secondary N) is 2. The average molecular weight is 526 g/mol. The molecular weight excluding hydrogens is 490 g/mol. The lowest BCUT2D eigenvalue weighted by atomic mass is 10.1. The maximum atomic E-state index is 12.7. The van der Waals surface area contributed by atoms with Gasteiger partial charge in [-0.1, -0.05) is 38.4 Å². The third kappa shape index (κ3) is 8.81. The van der Waals surface area contributed by atoms with Crippen molar-refractivity contribution in [3.8, 4) is 11.5 Å². The molecule has 0 heterocycles. The first-order chi connectivity index (χ1) is 17.8. The number of amides is 2. The Balaban J connectivity index is 0.000000604. The van der Waals surface area contributed by atoms with Crippen molar-refractivity contribution in [2.45, 2.75) is 27.7 Å². The van der Waals surface area contributed by atoms with Crippen LogP contribution in [0.15, 0.2) is 60.7 Å². The number of nitrogens with zero attached hydrogens (tertiary/aromatic N) is 1. The Morgan fingerprint density at radius 2 is 1.32 bits per heavy atom. The van der Waals surface area contributed by atoms with Gasteiger partial charge in [-0.05, 0) is 86.7 Å². The molecule has 0 saturated carbocycles. The zero-order chi connectivity index (χ0) is 27.4. The standard InChI is InChI=1S/C23H21ClN2O4.C6H15N/c1-14-4-10-18(25-22(27)15-5-8-17(24)9-6-15)13-19(14)26-23(28)16-7-11-20(29-2)21(12-16)30-3;1-4-7(5-2)6-3/h4-13H,1-3H3,(H,25,27)(H,26,28);4-6H2,1-3H3. The van der Waals surface area contributed by atoms with Gasteiger partial charge >= 0.3 is 0 Å². The molecule has 0 radical (unpaired) electrons. The van der Waals surface area contributed by atoms with E-state index < -0.39 is 0 Å². The van der Waals surface area contributed by atoms with Crippen LogP contribution < -0.4 is 20.1 Å². The number of rotatable bonds is 9. The average Bonchev–Trinajstić information content (AvgIpc) is 2.91. The van der Waals surface area contributed by atoms with Crippen LogP contribution in [-0.4, -0.2) is 50.6 Å². The molecule has 0 aliphatic heterocycles. The third-order valence-corrected chi connectivity index (χ3v) is 6.09. The quantitative estimate of drug-likeness (QED) is 0.332. The van der Waals surface area contributed by atoms with Crippen molar-refractivity contribution in [3.63, 3.8) is 0 Å². The van der Waals surface area contributed by atoms with E-state index in [4.69, 9.17) is 21.1 Å². The van der Waals surface area contributed by atoms with Gasteiger partial charge in [0.15, 0.2) is 11.5 Å². The van der Waals surface area contributed by atoms with Crippen molar-refractivity contribution in [1.82, 2.24) is 4.90 Å². The van der Waals surface area contributed by atoms with E-state index >= 15 is 0 Å². The summed E-state index contributed by atoms with van der Waals surface area (Å²) >= 11 is 5.86. The van der Waals surface area contributed by atoms with Gasteiger partial charge in [0.25, 0.3) is 11.8 Å². The first kappa shape index (κ1) is 29.7. The Morgan fingerprint density at radius 1 is 0.757 bits per heavy atom. The highest BCUT2D eigenvalue weighted by molar-refractivity contribution is 6.30. The molecule has 198 valence electrons. The van der Waals surface area contributed by atoms with Gasteiger partial charge in [0.1, 0.15) is 0 Å². The first-order valence-corrected chi connectivity index (χ1v) is 12.6. The molecule has 0 unspecified atom stereocenters. The maximum Gasteiger partial charge on any atom is 0.255 e. The Labute approximate surface area is 224 Å². The predicted molar refractivity (Wildman–Crippen MR) is 152 cm³/mol. The minimum Gasteiger partial charge on any atom is -0.493 e. The second-order valence-electron chi connectivity index (χ2n) is 8.13. The Morgan fingerprint density at radius 3 is 1.86 bits per heavy atom. The van der Waals surface area contributed by atoms with Gasteiger partial charge in [-0.3, -0.25) is 9.59 Å². The number of carbonyl (C=O) groups excluding carboxylic acids is 2. The zero-order valence-electron chi connectivity index (χ0n) is 22.4. The number of aryl methyl sites for hydroxylation is 1. The third-order valence-electron chi connectivity index (χ3n) is 5.84. The highest BCUT2D eigenvalue weighted by atomic mass is 35.5.